The lowest BCUT2D eigenvalue weighted by Gasteiger charge is -2.30. The van der Waals surface area contributed by atoms with Crippen LogP contribution in [0.5, 0.6) is 0 Å². The lowest BCUT2D eigenvalue weighted by atomic mass is 9.96. The molecule has 0 spiro atoms. The average Bonchev–Trinajstić information content (AvgIpc) is 3.29. The molecule has 0 saturated carbocycles. The van der Waals surface area contributed by atoms with Gasteiger partial charge in [-0.15, -0.1) is 0 Å². The number of hydrogen-bond acceptors (Lipinski definition) is 6. The monoisotopic (exact) mass is 440 g/mol. The number of carbonyl (C=O) groups is 1. The van der Waals surface area contributed by atoms with Crippen molar-refractivity contribution in [3.8, 4) is 11.4 Å². The standard InChI is InChI=1S/C22H24N4O4S/c1-16-7-9-17(10-8-16)21-24-22(30-25-21)18-11-13-26(14-12-18)20(27)15-23-31(28,29)19-5-3-2-4-6-19/h2-10,18,23H,11-15H2,1H3. The molecule has 1 amide bonds. The number of nitrogens with one attached hydrogen (secondary N) is 1. The fourth-order valence-corrected chi connectivity index (χ4v) is 4.54. The molecule has 1 aliphatic heterocycles. The third-order valence-electron chi connectivity index (χ3n) is 5.42. The van der Waals surface area contributed by atoms with Gasteiger partial charge in [0.15, 0.2) is 0 Å². The van der Waals surface area contributed by atoms with E-state index in [9.17, 15) is 13.2 Å². The predicted molar refractivity (Wildman–Crippen MR) is 115 cm³/mol. The van der Waals surface area contributed by atoms with Crippen LogP contribution in [0.4, 0.5) is 0 Å². The summed E-state index contributed by atoms with van der Waals surface area (Å²) in [5.41, 5.74) is 2.06. The number of benzene rings is 2. The molecule has 0 radical (unpaired) electrons. The van der Waals surface area contributed by atoms with Gasteiger partial charge in [0.25, 0.3) is 0 Å². The van der Waals surface area contributed by atoms with Gasteiger partial charge in [-0.2, -0.15) is 4.98 Å². The largest absolute Gasteiger partial charge is 0.342 e. The number of sulfonamides is 1. The summed E-state index contributed by atoms with van der Waals surface area (Å²) in [4.78, 5) is 18.8. The molecule has 4 rings (SSSR count). The Bertz CT molecular complexity index is 1140. The zero-order valence-electron chi connectivity index (χ0n) is 17.2. The molecular formula is C22H24N4O4S. The maximum Gasteiger partial charge on any atom is 0.241 e. The third-order valence-corrected chi connectivity index (χ3v) is 6.83. The van der Waals surface area contributed by atoms with Gasteiger partial charge in [0, 0.05) is 24.6 Å². The van der Waals surface area contributed by atoms with Gasteiger partial charge in [0.05, 0.1) is 11.4 Å². The van der Waals surface area contributed by atoms with E-state index in [2.05, 4.69) is 14.9 Å². The smallest absolute Gasteiger partial charge is 0.241 e. The van der Waals surface area contributed by atoms with Crippen LogP contribution in [0, 0.1) is 6.92 Å². The van der Waals surface area contributed by atoms with Crippen LogP contribution in [0.3, 0.4) is 0 Å². The molecule has 0 unspecified atom stereocenters. The molecule has 162 valence electrons. The van der Waals surface area contributed by atoms with Crippen LogP contribution in [0.25, 0.3) is 11.4 Å². The Balaban J connectivity index is 1.30. The van der Waals surface area contributed by atoms with Gasteiger partial charge in [0.2, 0.25) is 27.6 Å². The molecule has 3 aromatic rings. The summed E-state index contributed by atoms with van der Waals surface area (Å²) in [6.45, 7) is 2.78. The summed E-state index contributed by atoms with van der Waals surface area (Å²) >= 11 is 0. The van der Waals surface area contributed by atoms with E-state index in [1.807, 2.05) is 31.2 Å². The lowest BCUT2D eigenvalue weighted by Crippen LogP contribution is -2.43. The first-order valence-corrected chi connectivity index (χ1v) is 11.6. The first kappa shape index (κ1) is 21.2. The van der Waals surface area contributed by atoms with E-state index in [-0.39, 0.29) is 23.3 Å². The molecule has 1 saturated heterocycles. The van der Waals surface area contributed by atoms with Crippen LogP contribution in [0.2, 0.25) is 0 Å². The van der Waals surface area contributed by atoms with E-state index in [0.29, 0.717) is 37.6 Å². The Labute approximate surface area is 181 Å². The second kappa shape index (κ2) is 8.99. The van der Waals surface area contributed by atoms with Gasteiger partial charge in [-0.05, 0) is 31.9 Å². The zero-order valence-corrected chi connectivity index (χ0v) is 18.0. The fraction of sp³-hybridized carbons (Fsp3) is 0.318. The van der Waals surface area contributed by atoms with E-state index >= 15 is 0 Å². The summed E-state index contributed by atoms with van der Waals surface area (Å²) in [7, 11) is -3.70. The molecule has 0 bridgehead atoms. The second-order valence-electron chi connectivity index (χ2n) is 7.61. The summed E-state index contributed by atoms with van der Waals surface area (Å²) in [6, 6.07) is 15.9. The Morgan fingerprint density at radius 1 is 1.10 bits per heavy atom. The SMILES string of the molecule is Cc1ccc(-c2noc(C3CCN(C(=O)CNS(=O)(=O)c4ccccc4)CC3)n2)cc1. The number of rotatable bonds is 6. The third kappa shape index (κ3) is 5.00. The molecule has 8 nitrogen and oxygen atoms in total. The van der Waals surface area contributed by atoms with Crippen molar-refractivity contribution in [1.29, 1.82) is 0 Å². The maximum absolute atomic E-state index is 12.5. The van der Waals surface area contributed by atoms with Gasteiger partial charge < -0.3 is 9.42 Å². The van der Waals surface area contributed by atoms with Crippen LogP contribution in [-0.4, -0.2) is 49.0 Å². The summed E-state index contributed by atoms with van der Waals surface area (Å²) in [6.07, 6.45) is 1.37. The van der Waals surface area contributed by atoms with Crippen LogP contribution in [0.15, 0.2) is 64.0 Å². The highest BCUT2D eigenvalue weighted by atomic mass is 32.2. The molecular weight excluding hydrogens is 416 g/mol. The summed E-state index contributed by atoms with van der Waals surface area (Å²) in [5.74, 6) is 0.969. The van der Waals surface area contributed by atoms with Crippen molar-refractivity contribution in [1.82, 2.24) is 19.8 Å². The van der Waals surface area contributed by atoms with Crippen molar-refractivity contribution < 1.29 is 17.7 Å². The molecule has 31 heavy (non-hydrogen) atoms. The molecule has 0 aliphatic carbocycles. The van der Waals surface area contributed by atoms with Gasteiger partial charge in [0.1, 0.15) is 0 Å². The lowest BCUT2D eigenvalue weighted by molar-refractivity contribution is -0.131. The molecule has 1 fully saturated rings. The van der Waals surface area contributed by atoms with Crippen LogP contribution >= 0.6 is 0 Å². The van der Waals surface area contributed by atoms with E-state index in [1.165, 1.54) is 12.1 Å². The predicted octanol–water partition coefficient (Wildman–Crippen LogP) is 2.73. The Morgan fingerprint density at radius 3 is 2.45 bits per heavy atom. The van der Waals surface area contributed by atoms with Gasteiger partial charge in [-0.3, -0.25) is 4.79 Å². The van der Waals surface area contributed by atoms with Crippen molar-refractivity contribution >= 4 is 15.9 Å². The number of likely N-dealkylation sites (tertiary alicyclic amines) is 1. The Hall–Kier alpha value is -3.04. The molecule has 0 atom stereocenters. The molecule has 2 aromatic carbocycles. The van der Waals surface area contributed by atoms with Crippen LogP contribution in [-0.2, 0) is 14.8 Å². The van der Waals surface area contributed by atoms with Gasteiger partial charge in [-0.25, -0.2) is 13.1 Å². The van der Waals surface area contributed by atoms with Crippen molar-refractivity contribution in [3.05, 3.63) is 66.1 Å². The van der Waals surface area contributed by atoms with Gasteiger partial charge in [-0.1, -0.05) is 53.2 Å². The number of aromatic nitrogens is 2. The Kier molecular flexibility index (Phi) is 6.15. The number of hydrogen-bond donors (Lipinski definition) is 1. The topological polar surface area (TPSA) is 105 Å². The Morgan fingerprint density at radius 2 is 1.77 bits per heavy atom. The highest BCUT2D eigenvalue weighted by Gasteiger charge is 2.28. The molecule has 1 aromatic heterocycles. The van der Waals surface area contributed by atoms with Crippen molar-refractivity contribution in [2.75, 3.05) is 19.6 Å². The maximum atomic E-state index is 12.5. The highest BCUT2D eigenvalue weighted by Crippen LogP contribution is 2.28. The summed E-state index contributed by atoms with van der Waals surface area (Å²) < 4.78 is 32.4. The quantitative estimate of drug-likeness (QED) is 0.632. The summed E-state index contributed by atoms with van der Waals surface area (Å²) in [5, 5.41) is 4.09. The van der Waals surface area contributed by atoms with E-state index in [1.54, 1.807) is 23.1 Å². The first-order valence-electron chi connectivity index (χ1n) is 10.2. The highest BCUT2D eigenvalue weighted by molar-refractivity contribution is 7.89. The fourth-order valence-electron chi connectivity index (χ4n) is 3.55. The number of carbonyl (C=O) groups excluding carboxylic acids is 1. The number of aryl methyl sites for hydroxylation is 1. The zero-order chi connectivity index (χ0) is 21.8. The minimum atomic E-state index is -3.70. The van der Waals surface area contributed by atoms with E-state index in [4.69, 9.17) is 4.52 Å². The van der Waals surface area contributed by atoms with Crippen molar-refractivity contribution in [2.45, 2.75) is 30.6 Å². The average molecular weight is 441 g/mol. The van der Waals surface area contributed by atoms with Crippen molar-refractivity contribution in [2.24, 2.45) is 0 Å². The number of amides is 1. The molecule has 1 aliphatic rings. The molecule has 2 heterocycles. The van der Waals surface area contributed by atoms with E-state index in [0.717, 1.165) is 11.1 Å². The minimum Gasteiger partial charge on any atom is -0.342 e. The van der Waals surface area contributed by atoms with Crippen molar-refractivity contribution in [3.63, 3.8) is 0 Å². The second-order valence-corrected chi connectivity index (χ2v) is 9.38. The van der Waals surface area contributed by atoms with Gasteiger partial charge >= 0.3 is 0 Å². The first-order chi connectivity index (χ1) is 14.9. The minimum absolute atomic E-state index is 0.0803. The number of nitrogens with zero attached hydrogens (tertiary/aromatic N) is 3. The number of piperidine rings is 1. The van der Waals surface area contributed by atoms with Crippen LogP contribution in [0.1, 0.15) is 30.2 Å². The normalized spacial score (nSPS) is 15.2. The molecule has 1 N–H and O–H groups in total. The molecule has 9 heteroatoms. The van der Waals surface area contributed by atoms with Crippen LogP contribution < -0.4 is 4.72 Å². The van der Waals surface area contributed by atoms with E-state index < -0.39 is 10.0 Å².